The van der Waals surface area contributed by atoms with Gasteiger partial charge in [0.2, 0.25) is 5.91 Å². The zero-order valence-electron chi connectivity index (χ0n) is 13.4. The lowest BCUT2D eigenvalue weighted by molar-refractivity contribution is -0.120. The van der Waals surface area contributed by atoms with Crippen molar-refractivity contribution in [2.24, 2.45) is 0 Å². The Kier molecular flexibility index (Phi) is 4.37. The van der Waals surface area contributed by atoms with Gasteiger partial charge >= 0.3 is 0 Å². The fourth-order valence-electron chi connectivity index (χ4n) is 2.34. The largest absolute Gasteiger partial charge is 0.369 e. The SMILES string of the molecule is CNC(=O)CCNc1nc(C)nc2c1cnn2-c1ccc(F)cc1. The number of aromatic nitrogens is 4. The van der Waals surface area contributed by atoms with Crippen LogP contribution in [0.1, 0.15) is 12.2 Å². The summed E-state index contributed by atoms with van der Waals surface area (Å²) >= 11 is 0. The summed E-state index contributed by atoms with van der Waals surface area (Å²) in [7, 11) is 1.60. The van der Waals surface area contributed by atoms with Gasteiger partial charge in [0.25, 0.3) is 0 Å². The molecule has 0 aliphatic heterocycles. The molecule has 2 heterocycles. The van der Waals surface area contributed by atoms with E-state index in [1.807, 2.05) is 0 Å². The lowest BCUT2D eigenvalue weighted by Gasteiger charge is -2.08. The third-order valence-corrected chi connectivity index (χ3v) is 3.53. The number of rotatable bonds is 5. The highest BCUT2D eigenvalue weighted by atomic mass is 19.1. The molecule has 2 N–H and O–H groups in total. The standard InChI is InChI=1S/C16H17FN6O/c1-10-21-15(19-8-7-14(24)18-2)13-9-20-23(16(13)22-10)12-5-3-11(17)4-6-12/h3-6,9H,7-8H2,1-2H3,(H,18,24)(H,19,21,22). The molecule has 24 heavy (non-hydrogen) atoms. The van der Waals surface area contributed by atoms with Crippen LogP contribution in [-0.2, 0) is 4.79 Å². The molecule has 0 radical (unpaired) electrons. The number of nitrogens with one attached hydrogen (secondary N) is 2. The van der Waals surface area contributed by atoms with Crippen molar-refractivity contribution in [1.29, 1.82) is 0 Å². The molecule has 8 heteroatoms. The number of aryl methyl sites for hydroxylation is 1. The minimum absolute atomic E-state index is 0.0495. The van der Waals surface area contributed by atoms with Gasteiger partial charge in [-0.1, -0.05) is 0 Å². The molecule has 0 atom stereocenters. The maximum atomic E-state index is 13.1. The molecule has 3 aromatic rings. The van der Waals surface area contributed by atoms with Gasteiger partial charge < -0.3 is 10.6 Å². The lowest BCUT2D eigenvalue weighted by atomic mass is 10.3. The van der Waals surface area contributed by atoms with Gasteiger partial charge in [0.1, 0.15) is 17.5 Å². The van der Waals surface area contributed by atoms with Gasteiger partial charge in [-0.2, -0.15) is 5.10 Å². The van der Waals surface area contributed by atoms with Crippen LogP contribution in [0, 0.1) is 12.7 Å². The molecule has 1 amide bonds. The minimum atomic E-state index is -0.308. The summed E-state index contributed by atoms with van der Waals surface area (Å²) in [6, 6.07) is 6.02. The fourth-order valence-corrected chi connectivity index (χ4v) is 2.34. The van der Waals surface area contributed by atoms with Crippen LogP contribution in [0.4, 0.5) is 10.2 Å². The Morgan fingerprint density at radius 3 is 2.71 bits per heavy atom. The Hall–Kier alpha value is -3.03. The summed E-state index contributed by atoms with van der Waals surface area (Å²) in [5, 5.41) is 10.8. The van der Waals surface area contributed by atoms with Crippen LogP contribution in [-0.4, -0.2) is 39.2 Å². The number of carbonyl (C=O) groups is 1. The van der Waals surface area contributed by atoms with Crippen molar-refractivity contribution in [1.82, 2.24) is 25.1 Å². The number of anilines is 1. The van der Waals surface area contributed by atoms with Crippen molar-refractivity contribution in [3.05, 3.63) is 42.1 Å². The zero-order chi connectivity index (χ0) is 17.1. The van der Waals surface area contributed by atoms with Crippen molar-refractivity contribution >= 4 is 22.8 Å². The summed E-state index contributed by atoms with van der Waals surface area (Å²) in [4.78, 5) is 20.1. The number of carbonyl (C=O) groups excluding carboxylic acids is 1. The Morgan fingerprint density at radius 1 is 1.25 bits per heavy atom. The highest BCUT2D eigenvalue weighted by molar-refractivity contribution is 5.87. The molecule has 0 fully saturated rings. The van der Waals surface area contributed by atoms with Crippen LogP contribution >= 0.6 is 0 Å². The van der Waals surface area contributed by atoms with Gasteiger partial charge in [0, 0.05) is 20.0 Å². The summed E-state index contributed by atoms with van der Waals surface area (Å²) < 4.78 is 14.7. The Morgan fingerprint density at radius 2 is 2.00 bits per heavy atom. The van der Waals surface area contributed by atoms with Gasteiger partial charge in [-0.05, 0) is 31.2 Å². The average Bonchev–Trinajstić information content (AvgIpc) is 2.99. The van der Waals surface area contributed by atoms with Gasteiger partial charge in [0.05, 0.1) is 17.3 Å². The van der Waals surface area contributed by atoms with Crippen LogP contribution < -0.4 is 10.6 Å². The van der Waals surface area contributed by atoms with E-state index in [-0.39, 0.29) is 11.7 Å². The maximum Gasteiger partial charge on any atom is 0.221 e. The molecule has 7 nitrogen and oxygen atoms in total. The van der Waals surface area contributed by atoms with E-state index < -0.39 is 0 Å². The van der Waals surface area contributed by atoms with Crippen LogP contribution in [0.25, 0.3) is 16.7 Å². The van der Waals surface area contributed by atoms with E-state index in [4.69, 9.17) is 0 Å². The van der Waals surface area contributed by atoms with E-state index in [9.17, 15) is 9.18 Å². The maximum absolute atomic E-state index is 13.1. The smallest absolute Gasteiger partial charge is 0.221 e. The molecule has 0 aliphatic carbocycles. The third-order valence-electron chi connectivity index (χ3n) is 3.53. The quantitative estimate of drug-likeness (QED) is 0.746. The molecular weight excluding hydrogens is 311 g/mol. The highest BCUT2D eigenvalue weighted by Crippen LogP contribution is 2.22. The summed E-state index contributed by atoms with van der Waals surface area (Å²) in [5.74, 6) is 0.840. The number of amides is 1. The third kappa shape index (κ3) is 3.17. The van der Waals surface area contributed by atoms with E-state index in [1.165, 1.54) is 12.1 Å². The van der Waals surface area contributed by atoms with Gasteiger partial charge in [0.15, 0.2) is 5.65 Å². The molecule has 0 saturated carbocycles. The first-order valence-electron chi connectivity index (χ1n) is 7.51. The second kappa shape index (κ2) is 6.61. The minimum Gasteiger partial charge on any atom is -0.369 e. The molecule has 1 aromatic carbocycles. The van der Waals surface area contributed by atoms with Gasteiger partial charge in [-0.15, -0.1) is 0 Å². The topological polar surface area (TPSA) is 84.7 Å². The normalized spacial score (nSPS) is 10.8. The Labute approximate surface area is 137 Å². The molecule has 0 spiro atoms. The molecule has 3 rings (SSSR count). The predicted octanol–water partition coefficient (Wildman–Crippen LogP) is 1.81. The number of hydrogen-bond acceptors (Lipinski definition) is 5. The molecular formula is C16H17FN6O. The Balaban J connectivity index is 1.94. The number of fused-ring (bicyclic) bond motifs is 1. The number of hydrogen-bond donors (Lipinski definition) is 2. The monoisotopic (exact) mass is 328 g/mol. The van der Waals surface area contributed by atoms with Crippen molar-refractivity contribution in [3.63, 3.8) is 0 Å². The second-order valence-electron chi connectivity index (χ2n) is 5.24. The molecule has 2 aromatic heterocycles. The van der Waals surface area contributed by atoms with Gasteiger partial charge in [-0.25, -0.2) is 19.0 Å². The lowest BCUT2D eigenvalue weighted by Crippen LogP contribution is -2.21. The second-order valence-corrected chi connectivity index (χ2v) is 5.24. The first kappa shape index (κ1) is 15.9. The van der Waals surface area contributed by atoms with E-state index >= 15 is 0 Å². The van der Waals surface area contributed by atoms with E-state index in [2.05, 4.69) is 25.7 Å². The number of halogens is 1. The van der Waals surface area contributed by atoms with Crippen molar-refractivity contribution in [2.75, 3.05) is 18.9 Å². The van der Waals surface area contributed by atoms with Crippen molar-refractivity contribution < 1.29 is 9.18 Å². The van der Waals surface area contributed by atoms with Crippen LogP contribution in [0.3, 0.4) is 0 Å². The fraction of sp³-hybridized carbons (Fsp3) is 0.250. The summed E-state index contributed by atoms with van der Waals surface area (Å²) in [6.45, 7) is 2.23. The Bertz CT molecular complexity index is 874. The van der Waals surface area contributed by atoms with E-state index in [0.29, 0.717) is 35.9 Å². The number of nitrogens with zero attached hydrogens (tertiary/aromatic N) is 4. The molecule has 0 saturated heterocycles. The predicted molar refractivity (Wildman–Crippen MR) is 88.5 cm³/mol. The van der Waals surface area contributed by atoms with Crippen LogP contribution in [0.15, 0.2) is 30.5 Å². The molecule has 0 unspecified atom stereocenters. The summed E-state index contributed by atoms with van der Waals surface area (Å²) in [5.41, 5.74) is 1.33. The van der Waals surface area contributed by atoms with E-state index in [0.717, 1.165) is 5.39 Å². The summed E-state index contributed by atoms with van der Waals surface area (Å²) in [6.07, 6.45) is 1.99. The van der Waals surface area contributed by atoms with Crippen LogP contribution in [0.5, 0.6) is 0 Å². The van der Waals surface area contributed by atoms with Crippen molar-refractivity contribution in [3.8, 4) is 5.69 Å². The first-order valence-corrected chi connectivity index (χ1v) is 7.51. The first-order chi connectivity index (χ1) is 11.6. The van der Waals surface area contributed by atoms with E-state index in [1.54, 1.807) is 37.0 Å². The van der Waals surface area contributed by atoms with Crippen molar-refractivity contribution in [2.45, 2.75) is 13.3 Å². The molecule has 124 valence electrons. The number of benzene rings is 1. The zero-order valence-corrected chi connectivity index (χ0v) is 13.4. The molecule has 0 bridgehead atoms. The highest BCUT2D eigenvalue weighted by Gasteiger charge is 2.13. The van der Waals surface area contributed by atoms with Crippen LogP contribution in [0.2, 0.25) is 0 Å². The van der Waals surface area contributed by atoms with Gasteiger partial charge in [-0.3, -0.25) is 4.79 Å². The average molecular weight is 328 g/mol. The molecule has 0 aliphatic rings.